The Labute approximate surface area is 100 Å². The molecule has 3 nitrogen and oxygen atoms in total. The van der Waals surface area contributed by atoms with Gasteiger partial charge in [-0.15, -0.1) is 11.3 Å². The predicted molar refractivity (Wildman–Crippen MR) is 66.3 cm³/mol. The van der Waals surface area contributed by atoms with Gasteiger partial charge in [0.05, 0.1) is 19.8 Å². The minimum Gasteiger partial charge on any atom is -0.379 e. The summed E-state index contributed by atoms with van der Waals surface area (Å²) in [5, 5.41) is 2.10. The molecule has 4 heteroatoms. The van der Waals surface area contributed by atoms with Crippen LogP contribution in [0.3, 0.4) is 0 Å². The average Bonchev–Trinajstić information content (AvgIpc) is 2.75. The van der Waals surface area contributed by atoms with Crippen molar-refractivity contribution >= 4 is 11.3 Å². The maximum atomic E-state index is 5.34. The van der Waals surface area contributed by atoms with Crippen molar-refractivity contribution in [3.63, 3.8) is 0 Å². The topological polar surface area (TPSA) is 38.5 Å². The summed E-state index contributed by atoms with van der Waals surface area (Å²) in [5.41, 5.74) is 6.42. The van der Waals surface area contributed by atoms with E-state index in [4.69, 9.17) is 10.5 Å². The number of ether oxygens (including phenoxy) is 1. The number of morpholine rings is 1. The van der Waals surface area contributed by atoms with Crippen molar-refractivity contribution in [3.8, 4) is 11.8 Å². The van der Waals surface area contributed by atoms with Crippen LogP contribution in [-0.2, 0) is 11.3 Å². The zero-order valence-electron chi connectivity index (χ0n) is 9.24. The molecule has 0 aromatic carbocycles. The molecule has 0 saturated carbocycles. The summed E-state index contributed by atoms with van der Waals surface area (Å²) in [7, 11) is 0. The van der Waals surface area contributed by atoms with Crippen molar-refractivity contribution in [2.75, 3.05) is 32.8 Å². The molecule has 0 amide bonds. The summed E-state index contributed by atoms with van der Waals surface area (Å²) in [5.74, 6) is 5.93. The Kier molecular flexibility index (Phi) is 4.37. The van der Waals surface area contributed by atoms with Crippen LogP contribution in [0, 0.1) is 11.8 Å². The molecule has 2 heterocycles. The number of thiophene rings is 1. The van der Waals surface area contributed by atoms with Crippen LogP contribution >= 0.6 is 11.3 Å². The maximum Gasteiger partial charge on any atom is 0.0594 e. The van der Waals surface area contributed by atoms with E-state index in [-0.39, 0.29) is 0 Å². The molecule has 1 aliphatic rings. The summed E-state index contributed by atoms with van der Waals surface area (Å²) in [4.78, 5) is 3.78. The van der Waals surface area contributed by atoms with Gasteiger partial charge in [-0.3, -0.25) is 4.90 Å². The van der Waals surface area contributed by atoms with Gasteiger partial charge in [-0.25, -0.2) is 0 Å². The number of nitrogens with zero attached hydrogens (tertiary/aromatic N) is 1. The van der Waals surface area contributed by atoms with E-state index in [1.807, 2.05) is 0 Å². The van der Waals surface area contributed by atoms with Crippen LogP contribution in [0.1, 0.15) is 10.4 Å². The second-order valence-electron chi connectivity index (χ2n) is 3.70. The second-order valence-corrected chi connectivity index (χ2v) is 4.69. The molecule has 86 valence electrons. The fraction of sp³-hybridized carbons (Fsp3) is 0.500. The van der Waals surface area contributed by atoms with E-state index in [1.165, 1.54) is 4.88 Å². The number of hydrogen-bond donors (Lipinski definition) is 1. The molecule has 1 saturated heterocycles. The van der Waals surface area contributed by atoms with Crippen LogP contribution in [0.5, 0.6) is 0 Å². The SMILES string of the molecule is NCC#Cc1csc(CN2CCOCC2)c1. The molecule has 16 heavy (non-hydrogen) atoms. The zero-order valence-corrected chi connectivity index (χ0v) is 10.1. The number of rotatable bonds is 2. The fourth-order valence-electron chi connectivity index (χ4n) is 1.66. The molecule has 0 bridgehead atoms. The van der Waals surface area contributed by atoms with E-state index in [0.29, 0.717) is 6.54 Å². The van der Waals surface area contributed by atoms with E-state index in [2.05, 4.69) is 28.2 Å². The van der Waals surface area contributed by atoms with E-state index in [1.54, 1.807) is 11.3 Å². The van der Waals surface area contributed by atoms with Crippen molar-refractivity contribution in [2.24, 2.45) is 5.73 Å². The first-order valence-electron chi connectivity index (χ1n) is 5.45. The Morgan fingerprint density at radius 3 is 3.00 bits per heavy atom. The van der Waals surface area contributed by atoms with Gasteiger partial charge in [0.25, 0.3) is 0 Å². The fourth-order valence-corrected chi connectivity index (χ4v) is 2.52. The highest BCUT2D eigenvalue weighted by Gasteiger charge is 2.11. The largest absolute Gasteiger partial charge is 0.379 e. The molecule has 2 rings (SSSR count). The van der Waals surface area contributed by atoms with Gasteiger partial charge in [-0.2, -0.15) is 0 Å². The first-order chi connectivity index (χ1) is 7.88. The van der Waals surface area contributed by atoms with Gasteiger partial charge in [0.2, 0.25) is 0 Å². The Hall–Kier alpha value is -0.860. The quantitative estimate of drug-likeness (QED) is 0.775. The Bertz CT molecular complexity index is 385. The smallest absolute Gasteiger partial charge is 0.0594 e. The van der Waals surface area contributed by atoms with Crippen molar-refractivity contribution in [1.29, 1.82) is 0 Å². The summed E-state index contributed by atoms with van der Waals surface area (Å²) in [6.45, 7) is 5.20. The second kappa shape index (κ2) is 6.02. The van der Waals surface area contributed by atoms with Crippen LogP contribution in [0.15, 0.2) is 11.4 Å². The van der Waals surface area contributed by atoms with Crippen molar-refractivity contribution in [2.45, 2.75) is 6.54 Å². The maximum absolute atomic E-state index is 5.34. The highest BCUT2D eigenvalue weighted by atomic mass is 32.1. The minimum absolute atomic E-state index is 0.425. The van der Waals surface area contributed by atoms with Gasteiger partial charge in [0, 0.05) is 35.5 Å². The lowest BCUT2D eigenvalue weighted by Gasteiger charge is -2.25. The highest BCUT2D eigenvalue weighted by Crippen LogP contribution is 2.16. The molecule has 1 fully saturated rings. The van der Waals surface area contributed by atoms with Crippen LogP contribution in [-0.4, -0.2) is 37.7 Å². The summed E-state index contributed by atoms with van der Waals surface area (Å²) >= 11 is 1.77. The molecule has 2 N–H and O–H groups in total. The minimum atomic E-state index is 0.425. The van der Waals surface area contributed by atoms with Crippen molar-refractivity contribution in [3.05, 3.63) is 21.9 Å². The molecule has 0 aliphatic carbocycles. The van der Waals surface area contributed by atoms with Crippen LogP contribution in [0.4, 0.5) is 0 Å². The van der Waals surface area contributed by atoms with E-state index >= 15 is 0 Å². The lowest BCUT2D eigenvalue weighted by atomic mass is 10.3. The van der Waals surface area contributed by atoms with Crippen LogP contribution < -0.4 is 5.73 Å². The standard InChI is InChI=1S/C12H16N2OS/c13-3-1-2-11-8-12(16-10-11)9-14-4-6-15-7-5-14/h8,10H,3-7,9,13H2. The Morgan fingerprint density at radius 1 is 1.44 bits per heavy atom. The van der Waals surface area contributed by atoms with Gasteiger partial charge in [0.1, 0.15) is 0 Å². The molecular formula is C12H16N2OS. The summed E-state index contributed by atoms with van der Waals surface area (Å²) in [6.07, 6.45) is 0. The lowest BCUT2D eigenvalue weighted by molar-refractivity contribution is 0.0346. The molecule has 0 spiro atoms. The van der Waals surface area contributed by atoms with Gasteiger partial charge < -0.3 is 10.5 Å². The van der Waals surface area contributed by atoms with Gasteiger partial charge in [-0.1, -0.05) is 11.8 Å². The normalized spacial score (nSPS) is 16.8. The third kappa shape index (κ3) is 3.32. The Morgan fingerprint density at radius 2 is 2.25 bits per heavy atom. The molecule has 1 aliphatic heterocycles. The van der Waals surface area contributed by atoms with Gasteiger partial charge >= 0.3 is 0 Å². The monoisotopic (exact) mass is 236 g/mol. The van der Waals surface area contributed by atoms with E-state index in [0.717, 1.165) is 38.4 Å². The molecule has 1 aromatic heterocycles. The molecule has 0 unspecified atom stereocenters. The average molecular weight is 236 g/mol. The first-order valence-corrected chi connectivity index (χ1v) is 6.33. The van der Waals surface area contributed by atoms with Crippen LogP contribution in [0.25, 0.3) is 0 Å². The first kappa shape index (κ1) is 11.6. The molecular weight excluding hydrogens is 220 g/mol. The van der Waals surface area contributed by atoms with Crippen LogP contribution in [0.2, 0.25) is 0 Å². The van der Waals surface area contributed by atoms with E-state index in [9.17, 15) is 0 Å². The predicted octanol–water partition coefficient (Wildman–Crippen LogP) is 0.890. The highest BCUT2D eigenvalue weighted by molar-refractivity contribution is 7.10. The zero-order chi connectivity index (χ0) is 11.2. The molecule has 1 aromatic rings. The molecule has 0 atom stereocenters. The Balaban J connectivity index is 1.91. The molecule has 0 radical (unpaired) electrons. The lowest BCUT2D eigenvalue weighted by Crippen LogP contribution is -2.35. The van der Waals surface area contributed by atoms with Crippen molar-refractivity contribution in [1.82, 2.24) is 4.90 Å². The summed E-state index contributed by atoms with van der Waals surface area (Å²) < 4.78 is 5.32. The third-order valence-electron chi connectivity index (χ3n) is 2.47. The van der Waals surface area contributed by atoms with Gasteiger partial charge in [-0.05, 0) is 6.07 Å². The van der Waals surface area contributed by atoms with Gasteiger partial charge in [0.15, 0.2) is 0 Å². The number of hydrogen-bond acceptors (Lipinski definition) is 4. The third-order valence-corrected chi connectivity index (χ3v) is 3.39. The van der Waals surface area contributed by atoms with E-state index < -0.39 is 0 Å². The summed E-state index contributed by atoms with van der Waals surface area (Å²) in [6, 6.07) is 2.16. The van der Waals surface area contributed by atoms with Crippen molar-refractivity contribution < 1.29 is 4.74 Å². The number of nitrogens with two attached hydrogens (primary N) is 1.